The molecule has 202 valence electrons. The molecule has 3 unspecified atom stereocenters. The number of para-hydroxylation sites is 1. The van der Waals surface area contributed by atoms with E-state index in [4.69, 9.17) is 5.73 Å². The molecule has 1 aliphatic carbocycles. The lowest BCUT2D eigenvalue weighted by Gasteiger charge is -2.30. The van der Waals surface area contributed by atoms with Gasteiger partial charge in [-0.05, 0) is 48.3 Å². The van der Waals surface area contributed by atoms with Crippen LogP contribution in [0.15, 0.2) is 61.2 Å². The summed E-state index contributed by atoms with van der Waals surface area (Å²) >= 11 is 0. The number of carbonyl (C=O) groups is 3. The van der Waals surface area contributed by atoms with Gasteiger partial charge in [-0.25, -0.2) is 0 Å². The first kappa shape index (κ1) is 27.6. The highest BCUT2D eigenvalue weighted by molar-refractivity contribution is 6.06. The molecule has 4 rings (SSSR count). The van der Waals surface area contributed by atoms with Crippen LogP contribution in [0.3, 0.4) is 0 Å². The molecule has 1 aliphatic heterocycles. The van der Waals surface area contributed by atoms with Gasteiger partial charge in [-0.3, -0.25) is 14.4 Å². The molecule has 6 heteroatoms. The van der Waals surface area contributed by atoms with Gasteiger partial charge in [0.25, 0.3) is 5.91 Å². The van der Waals surface area contributed by atoms with Crippen molar-refractivity contribution in [3.63, 3.8) is 0 Å². The third-order valence-electron chi connectivity index (χ3n) is 8.13. The number of nitrogens with one attached hydrogen (secondary N) is 1. The van der Waals surface area contributed by atoms with Crippen molar-refractivity contribution >= 4 is 23.4 Å². The molecule has 0 radical (unpaired) electrons. The zero-order valence-corrected chi connectivity index (χ0v) is 22.7. The van der Waals surface area contributed by atoms with Crippen LogP contribution in [0.5, 0.6) is 0 Å². The number of anilines is 1. The third kappa shape index (κ3) is 6.01. The SMILES string of the molecule is C=CCC(C(N)=O)C(CC(C)C)C(=O)NC1C(=O)N(CCC2CCCC2)c2ccccc2-c2ccccc21. The number of nitrogens with zero attached hydrogens (tertiary/aromatic N) is 1. The number of allylic oxidation sites excluding steroid dienone is 1. The summed E-state index contributed by atoms with van der Waals surface area (Å²) in [7, 11) is 0. The zero-order valence-electron chi connectivity index (χ0n) is 22.7. The topological polar surface area (TPSA) is 92.5 Å². The minimum atomic E-state index is -0.860. The maximum absolute atomic E-state index is 14.3. The first-order chi connectivity index (χ1) is 18.3. The van der Waals surface area contributed by atoms with E-state index in [0.29, 0.717) is 25.3 Å². The second kappa shape index (κ2) is 12.4. The summed E-state index contributed by atoms with van der Waals surface area (Å²) in [6, 6.07) is 14.9. The van der Waals surface area contributed by atoms with Crippen molar-refractivity contribution in [1.29, 1.82) is 0 Å². The third-order valence-corrected chi connectivity index (χ3v) is 8.13. The number of carbonyl (C=O) groups excluding carboxylic acids is 3. The van der Waals surface area contributed by atoms with Crippen molar-refractivity contribution in [2.24, 2.45) is 29.4 Å². The Morgan fingerprint density at radius 2 is 1.71 bits per heavy atom. The fourth-order valence-electron chi connectivity index (χ4n) is 6.19. The molecule has 6 nitrogen and oxygen atoms in total. The lowest BCUT2D eigenvalue weighted by atomic mass is 9.82. The average Bonchev–Trinajstić information content (AvgIpc) is 3.40. The molecule has 3 N–H and O–H groups in total. The Bertz CT molecular complexity index is 1170. The molecule has 3 amide bonds. The molecule has 0 bridgehead atoms. The van der Waals surface area contributed by atoms with Crippen LogP contribution in [0.25, 0.3) is 11.1 Å². The van der Waals surface area contributed by atoms with Crippen LogP contribution in [0.1, 0.15) is 70.4 Å². The summed E-state index contributed by atoms with van der Waals surface area (Å²) in [6.07, 6.45) is 8.29. The zero-order chi connectivity index (χ0) is 27.2. The highest BCUT2D eigenvalue weighted by Gasteiger charge is 2.39. The Morgan fingerprint density at radius 3 is 2.37 bits per heavy atom. The van der Waals surface area contributed by atoms with Gasteiger partial charge in [0, 0.05) is 12.1 Å². The molecule has 0 saturated heterocycles. The van der Waals surface area contributed by atoms with Crippen molar-refractivity contribution in [1.82, 2.24) is 5.32 Å². The molecule has 38 heavy (non-hydrogen) atoms. The van der Waals surface area contributed by atoms with Gasteiger partial charge in [0.1, 0.15) is 6.04 Å². The van der Waals surface area contributed by atoms with Gasteiger partial charge >= 0.3 is 0 Å². The number of amides is 3. The van der Waals surface area contributed by atoms with Crippen LogP contribution >= 0.6 is 0 Å². The van der Waals surface area contributed by atoms with E-state index in [1.165, 1.54) is 25.7 Å². The van der Waals surface area contributed by atoms with Gasteiger partial charge in [-0.2, -0.15) is 0 Å². The predicted molar refractivity (Wildman–Crippen MR) is 152 cm³/mol. The second-order valence-corrected chi connectivity index (χ2v) is 11.2. The van der Waals surface area contributed by atoms with E-state index >= 15 is 0 Å². The van der Waals surface area contributed by atoms with E-state index in [9.17, 15) is 14.4 Å². The fraction of sp³-hybridized carbons (Fsp3) is 0.469. The van der Waals surface area contributed by atoms with Crippen molar-refractivity contribution in [3.8, 4) is 11.1 Å². The minimum Gasteiger partial charge on any atom is -0.369 e. The fourth-order valence-corrected chi connectivity index (χ4v) is 6.19. The summed E-state index contributed by atoms with van der Waals surface area (Å²) in [5, 5.41) is 3.08. The van der Waals surface area contributed by atoms with Crippen molar-refractivity contribution in [2.75, 3.05) is 11.4 Å². The Morgan fingerprint density at radius 1 is 1.05 bits per heavy atom. The van der Waals surface area contributed by atoms with E-state index in [1.807, 2.05) is 67.3 Å². The second-order valence-electron chi connectivity index (χ2n) is 11.2. The Labute approximate surface area is 226 Å². The molecule has 1 fully saturated rings. The summed E-state index contributed by atoms with van der Waals surface area (Å²) < 4.78 is 0. The summed E-state index contributed by atoms with van der Waals surface area (Å²) in [6.45, 7) is 8.39. The Kier molecular flexibility index (Phi) is 9.03. The molecule has 1 heterocycles. The molecule has 1 saturated carbocycles. The van der Waals surface area contributed by atoms with Crippen LogP contribution in [-0.2, 0) is 14.4 Å². The number of hydrogen-bond acceptors (Lipinski definition) is 3. The average molecular weight is 516 g/mol. The van der Waals surface area contributed by atoms with Crippen LogP contribution < -0.4 is 16.0 Å². The number of rotatable bonds is 11. The van der Waals surface area contributed by atoms with Crippen LogP contribution in [0, 0.1) is 23.7 Å². The molecule has 0 aromatic heterocycles. The monoisotopic (exact) mass is 515 g/mol. The molecule has 2 aromatic carbocycles. The number of hydrogen-bond donors (Lipinski definition) is 2. The summed E-state index contributed by atoms with van der Waals surface area (Å²) in [5.74, 6) is -1.52. The lowest BCUT2D eigenvalue weighted by Crippen LogP contribution is -2.47. The van der Waals surface area contributed by atoms with E-state index in [1.54, 1.807) is 6.08 Å². The van der Waals surface area contributed by atoms with Gasteiger partial charge in [0.15, 0.2) is 0 Å². The summed E-state index contributed by atoms with van der Waals surface area (Å²) in [4.78, 5) is 42.4. The minimum absolute atomic E-state index is 0.142. The maximum atomic E-state index is 14.3. The standard InChI is InChI=1S/C32H41N3O3/c1-4-11-26(30(33)36)27(20-21(2)3)31(37)34-29-25-16-8-7-14-23(25)24-15-9-10-17-28(24)35(32(29)38)19-18-22-12-5-6-13-22/h4,7-10,14-17,21-22,26-27,29H,1,5-6,11-13,18-20H2,2-3H3,(H2,33,36)(H,34,37). The lowest BCUT2D eigenvalue weighted by molar-refractivity contribution is -0.135. The highest BCUT2D eigenvalue weighted by atomic mass is 16.2. The van der Waals surface area contributed by atoms with Gasteiger partial charge in [0.05, 0.1) is 17.5 Å². The van der Waals surface area contributed by atoms with Gasteiger partial charge < -0.3 is 16.0 Å². The first-order valence-electron chi connectivity index (χ1n) is 14.0. The largest absolute Gasteiger partial charge is 0.369 e. The van der Waals surface area contributed by atoms with E-state index in [0.717, 1.165) is 28.8 Å². The number of benzene rings is 2. The molecule has 3 atom stereocenters. The molecule has 2 aromatic rings. The van der Waals surface area contributed by atoms with Crippen LogP contribution in [0.4, 0.5) is 5.69 Å². The molecular weight excluding hydrogens is 474 g/mol. The Hall–Kier alpha value is -3.41. The first-order valence-corrected chi connectivity index (χ1v) is 14.0. The predicted octanol–water partition coefficient (Wildman–Crippen LogP) is 5.78. The van der Waals surface area contributed by atoms with Crippen LogP contribution in [0.2, 0.25) is 0 Å². The molecule has 0 spiro atoms. The van der Waals surface area contributed by atoms with Crippen molar-refractivity contribution in [3.05, 3.63) is 66.7 Å². The van der Waals surface area contributed by atoms with E-state index in [-0.39, 0.29) is 17.7 Å². The number of nitrogens with two attached hydrogens (primary N) is 1. The smallest absolute Gasteiger partial charge is 0.254 e. The van der Waals surface area contributed by atoms with E-state index in [2.05, 4.69) is 11.9 Å². The van der Waals surface area contributed by atoms with Crippen LogP contribution in [-0.4, -0.2) is 24.3 Å². The maximum Gasteiger partial charge on any atom is 0.254 e. The highest BCUT2D eigenvalue weighted by Crippen LogP contribution is 2.41. The molecular formula is C32H41N3O3. The van der Waals surface area contributed by atoms with Crippen molar-refractivity contribution in [2.45, 2.75) is 64.8 Å². The summed E-state index contributed by atoms with van der Waals surface area (Å²) in [5.41, 5.74) is 9.30. The normalized spacial score (nSPS) is 18.9. The Balaban J connectivity index is 1.72. The van der Waals surface area contributed by atoms with Gasteiger partial charge in [0.2, 0.25) is 11.8 Å². The van der Waals surface area contributed by atoms with Gasteiger partial charge in [-0.15, -0.1) is 6.58 Å². The van der Waals surface area contributed by atoms with Crippen molar-refractivity contribution < 1.29 is 14.4 Å². The number of fused-ring (bicyclic) bond motifs is 3. The number of primary amides is 1. The quantitative estimate of drug-likeness (QED) is 0.372. The molecule has 2 aliphatic rings. The van der Waals surface area contributed by atoms with E-state index < -0.39 is 23.8 Å². The van der Waals surface area contributed by atoms with Gasteiger partial charge in [-0.1, -0.05) is 88.1 Å².